The molecule has 2 rings (SSSR count). The van der Waals surface area contributed by atoms with Crippen LogP contribution in [-0.4, -0.2) is 12.5 Å². The van der Waals surface area contributed by atoms with Crippen molar-refractivity contribution in [3.05, 3.63) is 29.6 Å². The lowest BCUT2D eigenvalue weighted by molar-refractivity contribution is 0.0942. The van der Waals surface area contributed by atoms with Crippen LogP contribution < -0.4 is 11.1 Å². The van der Waals surface area contributed by atoms with Gasteiger partial charge in [-0.2, -0.15) is 0 Å². The van der Waals surface area contributed by atoms with Gasteiger partial charge >= 0.3 is 0 Å². The van der Waals surface area contributed by atoms with Crippen molar-refractivity contribution in [3.63, 3.8) is 0 Å². The number of anilines is 1. The zero-order valence-corrected chi connectivity index (χ0v) is 11.3. The summed E-state index contributed by atoms with van der Waals surface area (Å²) >= 11 is 0. The molecule has 3 nitrogen and oxygen atoms in total. The van der Waals surface area contributed by atoms with Gasteiger partial charge in [0, 0.05) is 12.2 Å². The first-order chi connectivity index (χ1) is 9.06. The largest absolute Gasteiger partial charge is 0.398 e. The molecule has 4 heteroatoms. The SMILES string of the molecule is CC1CCC(CNC(=O)c2ccc(F)cc2N)CC1. The van der Waals surface area contributed by atoms with E-state index in [4.69, 9.17) is 5.73 Å². The van der Waals surface area contributed by atoms with Crippen LogP contribution in [0.3, 0.4) is 0 Å². The molecule has 0 bridgehead atoms. The van der Waals surface area contributed by atoms with Crippen LogP contribution in [0, 0.1) is 17.7 Å². The Balaban J connectivity index is 1.87. The number of nitrogen functional groups attached to an aromatic ring is 1. The summed E-state index contributed by atoms with van der Waals surface area (Å²) in [7, 11) is 0. The maximum absolute atomic E-state index is 12.9. The van der Waals surface area contributed by atoms with Gasteiger partial charge in [0.05, 0.1) is 5.56 Å². The summed E-state index contributed by atoms with van der Waals surface area (Å²) < 4.78 is 12.9. The molecule has 0 aromatic heterocycles. The van der Waals surface area contributed by atoms with E-state index in [0.29, 0.717) is 18.0 Å². The number of hydrogen-bond donors (Lipinski definition) is 2. The standard InChI is InChI=1S/C15H21FN2O/c1-10-2-4-11(5-3-10)9-18-15(19)13-7-6-12(16)8-14(13)17/h6-8,10-11H,2-5,9,17H2,1H3,(H,18,19). The zero-order valence-electron chi connectivity index (χ0n) is 11.3. The van der Waals surface area contributed by atoms with Crippen LogP contribution in [0.5, 0.6) is 0 Å². The number of nitrogens with two attached hydrogens (primary N) is 1. The van der Waals surface area contributed by atoms with E-state index in [0.717, 1.165) is 5.92 Å². The Bertz CT molecular complexity index is 453. The smallest absolute Gasteiger partial charge is 0.253 e. The average molecular weight is 264 g/mol. The minimum Gasteiger partial charge on any atom is -0.398 e. The Morgan fingerprint density at radius 1 is 1.37 bits per heavy atom. The number of amides is 1. The number of carbonyl (C=O) groups is 1. The van der Waals surface area contributed by atoms with E-state index in [1.807, 2.05) is 0 Å². The minimum absolute atomic E-state index is 0.190. The van der Waals surface area contributed by atoms with E-state index in [1.165, 1.54) is 43.9 Å². The molecule has 3 N–H and O–H groups in total. The van der Waals surface area contributed by atoms with Crippen molar-refractivity contribution in [2.75, 3.05) is 12.3 Å². The number of benzene rings is 1. The molecule has 0 heterocycles. The highest BCUT2D eigenvalue weighted by Crippen LogP contribution is 2.27. The molecule has 1 amide bonds. The van der Waals surface area contributed by atoms with Gasteiger partial charge < -0.3 is 11.1 Å². The normalized spacial score (nSPS) is 23.1. The summed E-state index contributed by atoms with van der Waals surface area (Å²) in [6.07, 6.45) is 4.80. The number of rotatable bonds is 3. The summed E-state index contributed by atoms with van der Waals surface area (Å²) in [5, 5.41) is 2.90. The monoisotopic (exact) mass is 264 g/mol. The molecule has 19 heavy (non-hydrogen) atoms. The van der Waals surface area contributed by atoms with Crippen LogP contribution in [-0.2, 0) is 0 Å². The molecule has 1 aromatic rings. The van der Waals surface area contributed by atoms with E-state index in [-0.39, 0.29) is 11.6 Å². The fourth-order valence-electron chi connectivity index (χ4n) is 2.61. The van der Waals surface area contributed by atoms with Crippen molar-refractivity contribution < 1.29 is 9.18 Å². The summed E-state index contributed by atoms with van der Waals surface area (Å²) in [5.41, 5.74) is 6.19. The Labute approximate surface area is 113 Å². The van der Waals surface area contributed by atoms with E-state index < -0.39 is 5.82 Å². The lowest BCUT2D eigenvalue weighted by Gasteiger charge is -2.26. The second-order valence-electron chi connectivity index (χ2n) is 5.57. The molecule has 104 valence electrons. The van der Waals surface area contributed by atoms with Gasteiger partial charge in [-0.3, -0.25) is 4.79 Å². The predicted octanol–water partition coefficient (Wildman–Crippen LogP) is 2.96. The lowest BCUT2D eigenvalue weighted by atomic mass is 9.83. The van der Waals surface area contributed by atoms with Crippen molar-refractivity contribution in [2.24, 2.45) is 11.8 Å². The lowest BCUT2D eigenvalue weighted by Crippen LogP contribution is -2.31. The average Bonchev–Trinajstić information content (AvgIpc) is 2.37. The molecule has 1 aliphatic rings. The Morgan fingerprint density at radius 2 is 2.05 bits per heavy atom. The summed E-state index contributed by atoms with van der Waals surface area (Å²) in [5.74, 6) is 0.730. The van der Waals surface area contributed by atoms with E-state index in [2.05, 4.69) is 12.2 Å². The third kappa shape index (κ3) is 3.69. The van der Waals surface area contributed by atoms with Gasteiger partial charge in [0.15, 0.2) is 0 Å². The van der Waals surface area contributed by atoms with Crippen molar-refractivity contribution in [2.45, 2.75) is 32.6 Å². The van der Waals surface area contributed by atoms with Crippen molar-refractivity contribution >= 4 is 11.6 Å². The van der Waals surface area contributed by atoms with Gasteiger partial charge in [0.1, 0.15) is 5.82 Å². The molecule has 1 saturated carbocycles. The van der Waals surface area contributed by atoms with Gasteiger partial charge in [-0.15, -0.1) is 0 Å². The first kappa shape index (κ1) is 13.8. The Hall–Kier alpha value is -1.58. The maximum atomic E-state index is 12.9. The molecule has 1 aliphatic carbocycles. The maximum Gasteiger partial charge on any atom is 0.253 e. The van der Waals surface area contributed by atoms with Crippen molar-refractivity contribution in [1.82, 2.24) is 5.32 Å². The molecule has 0 saturated heterocycles. The molecule has 1 fully saturated rings. The van der Waals surface area contributed by atoms with Crippen LogP contribution in [0.2, 0.25) is 0 Å². The minimum atomic E-state index is -0.421. The molecular formula is C15H21FN2O. The molecule has 1 aromatic carbocycles. The Kier molecular flexibility index (Phi) is 4.40. The fourth-order valence-corrected chi connectivity index (χ4v) is 2.61. The van der Waals surface area contributed by atoms with E-state index in [1.54, 1.807) is 0 Å². The number of halogens is 1. The molecule has 0 atom stereocenters. The molecule has 0 spiro atoms. The third-order valence-electron chi connectivity index (χ3n) is 3.94. The van der Waals surface area contributed by atoms with Gasteiger partial charge in [0.25, 0.3) is 5.91 Å². The number of carbonyl (C=O) groups excluding carboxylic acids is 1. The van der Waals surface area contributed by atoms with E-state index >= 15 is 0 Å². The van der Waals surface area contributed by atoms with Crippen LogP contribution in [0.4, 0.5) is 10.1 Å². The van der Waals surface area contributed by atoms with Gasteiger partial charge in [-0.05, 0) is 42.9 Å². The highest BCUT2D eigenvalue weighted by Gasteiger charge is 2.19. The zero-order chi connectivity index (χ0) is 13.8. The first-order valence-corrected chi connectivity index (χ1v) is 6.89. The highest BCUT2D eigenvalue weighted by molar-refractivity contribution is 5.99. The van der Waals surface area contributed by atoms with Gasteiger partial charge in [0.2, 0.25) is 0 Å². The first-order valence-electron chi connectivity index (χ1n) is 6.89. The predicted molar refractivity (Wildman–Crippen MR) is 74.3 cm³/mol. The summed E-state index contributed by atoms with van der Waals surface area (Å²) in [6, 6.07) is 3.87. The van der Waals surface area contributed by atoms with Gasteiger partial charge in [-0.1, -0.05) is 19.8 Å². The number of hydrogen-bond acceptors (Lipinski definition) is 2. The second kappa shape index (κ2) is 6.04. The molecule has 0 aliphatic heterocycles. The van der Waals surface area contributed by atoms with Gasteiger partial charge in [-0.25, -0.2) is 4.39 Å². The van der Waals surface area contributed by atoms with E-state index in [9.17, 15) is 9.18 Å². The van der Waals surface area contributed by atoms with Crippen LogP contribution >= 0.6 is 0 Å². The second-order valence-corrected chi connectivity index (χ2v) is 5.57. The fraction of sp³-hybridized carbons (Fsp3) is 0.533. The van der Waals surface area contributed by atoms with Crippen LogP contribution in [0.25, 0.3) is 0 Å². The molecule has 0 radical (unpaired) electrons. The topological polar surface area (TPSA) is 55.1 Å². The van der Waals surface area contributed by atoms with Crippen LogP contribution in [0.1, 0.15) is 43.0 Å². The quantitative estimate of drug-likeness (QED) is 0.825. The number of nitrogens with one attached hydrogen (secondary N) is 1. The molecular weight excluding hydrogens is 243 g/mol. The summed E-state index contributed by atoms with van der Waals surface area (Å²) in [6.45, 7) is 2.95. The van der Waals surface area contributed by atoms with Crippen LogP contribution in [0.15, 0.2) is 18.2 Å². The summed E-state index contributed by atoms with van der Waals surface area (Å²) in [4.78, 5) is 12.0. The highest BCUT2D eigenvalue weighted by atomic mass is 19.1. The van der Waals surface area contributed by atoms with Crippen molar-refractivity contribution in [3.8, 4) is 0 Å². The third-order valence-corrected chi connectivity index (χ3v) is 3.94. The Morgan fingerprint density at radius 3 is 2.68 bits per heavy atom. The van der Waals surface area contributed by atoms with Crippen molar-refractivity contribution in [1.29, 1.82) is 0 Å². The molecule has 0 unspecified atom stereocenters.